The van der Waals surface area contributed by atoms with Gasteiger partial charge in [0.2, 0.25) is 5.91 Å². The van der Waals surface area contributed by atoms with Gasteiger partial charge in [-0.2, -0.15) is 0 Å². The largest absolute Gasteiger partial charge is 0.357 e. The normalized spacial score (nSPS) is 10.9. The summed E-state index contributed by atoms with van der Waals surface area (Å²) in [6.45, 7) is 9.00. The molecule has 0 aliphatic rings. The molecule has 0 spiro atoms. The van der Waals surface area contributed by atoms with Gasteiger partial charge in [0, 0.05) is 24.5 Å². The van der Waals surface area contributed by atoms with Gasteiger partial charge in [0.15, 0.2) is 5.96 Å². The van der Waals surface area contributed by atoms with Gasteiger partial charge >= 0.3 is 0 Å². The highest BCUT2D eigenvalue weighted by Crippen LogP contribution is 2.14. The molecule has 0 bridgehead atoms. The Balaban J connectivity index is 0.00000364. The van der Waals surface area contributed by atoms with Crippen molar-refractivity contribution in [1.82, 2.24) is 15.5 Å². The Morgan fingerprint density at radius 1 is 1.15 bits per heavy atom. The minimum atomic E-state index is 0. The van der Waals surface area contributed by atoms with E-state index in [2.05, 4.69) is 34.0 Å². The third kappa shape index (κ3) is 7.88. The maximum absolute atomic E-state index is 12.5. The van der Waals surface area contributed by atoms with Crippen LogP contribution in [0.4, 0.5) is 0 Å². The molecule has 1 amide bonds. The number of nitrogens with zero attached hydrogens (tertiary/aromatic N) is 2. The van der Waals surface area contributed by atoms with Gasteiger partial charge in [0.1, 0.15) is 6.54 Å². The van der Waals surface area contributed by atoms with E-state index in [0.29, 0.717) is 25.6 Å². The van der Waals surface area contributed by atoms with Crippen molar-refractivity contribution in [3.8, 4) is 0 Å². The molecule has 2 N–H and O–H groups in total. The van der Waals surface area contributed by atoms with Crippen LogP contribution in [-0.2, 0) is 17.9 Å². The van der Waals surface area contributed by atoms with Crippen molar-refractivity contribution in [3.63, 3.8) is 0 Å². The van der Waals surface area contributed by atoms with Gasteiger partial charge < -0.3 is 15.5 Å². The molecular weight excluding hydrogens is 471 g/mol. The highest BCUT2D eigenvalue weighted by atomic mass is 127. The summed E-state index contributed by atoms with van der Waals surface area (Å²) in [6, 6.07) is 12.1. The van der Waals surface area contributed by atoms with Crippen LogP contribution in [0, 0.1) is 6.92 Å². The number of guanidine groups is 1. The monoisotopic (exact) mass is 500 g/mol. The molecule has 2 rings (SSSR count). The number of amides is 1. The highest BCUT2D eigenvalue weighted by Gasteiger charge is 2.12. The second-order valence-electron chi connectivity index (χ2n) is 5.97. The minimum absolute atomic E-state index is 0. The van der Waals surface area contributed by atoms with Crippen molar-refractivity contribution >= 4 is 47.2 Å². The second kappa shape index (κ2) is 12.7. The average Bonchev–Trinajstić information content (AvgIpc) is 3.07. The number of halogens is 1. The Labute approximate surface area is 183 Å². The Kier molecular flexibility index (Phi) is 11.0. The molecule has 2 aromatic rings. The van der Waals surface area contributed by atoms with Crippen molar-refractivity contribution in [2.24, 2.45) is 4.99 Å². The zero-order valence-electron chi connectivity index (χ0n) is 16.2. The number of aliphatic imine (C=N–C) groups is 1. The van der Waals surface area contributed by atoms with Crippen LogP contribution in [0.3, 0.4) is 0 Å². The first-order chi connectivity index (χ1) is 12.6. The summed E-state index contributed by atoms with van der Waals surface area (Å²) in [7, 11) is 0. The maximum atomic E-state index is 12.5. The molecule has 0 atom stereocenters. The van der Waals surface area contributed by atoms with Gasteiger partial charge in [0.25, 0.3) is 0 Å². The number of carbonyl (C=O) groups excluding carboxylic acids is 1. The lowest BCUT2D eigenvalue weighted by atomic mass is 10.2. The third-order valence-electron chi connectivity index (χ3n) is 4.05. The molecule has 1 heterocycles. The topological polar surface area (TPSA) is 56.7 Å². The molecule has 1 aromatic carbocycles. The molecule has 0 radical (unpaired) electrons. The van der Waals surface area contributed by atoms with Crippen LogP contribution in [0.2, 0.25) is 0 Å². The zero-order valence-corrected chi connectivity index (χ0v) is 19.3. The molecule has 0 aliphatic carbocycles. The van der Waals surface area contributed by atoms with Gasteiger partial charge in [-0.15, -0.1) is 35.3 Å². The first kappa shape index (κ1) is 23.4. The number of rotatable bonds is 8. The minimum Gasteiger partial charge on any atom is -0.357 e. The number of hydrogen-bond donors (Lipinski definition) is 2. The maximum Gasteiger partial charge on any atom is 0.244 e. The molecule has 7 heteroatoms. The van der Waals surface area contributed by atoms with Crippen LogP contribution < -0.4 is 10.6 Å². The van der Waals surface area contributed by atoms with E-state index in [1.807, 2.05) is 49.1 Å². The molecule has 148 valence electrons. The van der Waals surface area contributed by atoms with Crippen LogP contribution in [-0.4, -0.2) is 36.4 Å². The fraction of sp³-hybridized carbons (Fsp3) is 0.400. The van der Waals surface area contributed by atoms with E-state index in [-0.39, 0.29) is 36.4 Å². The Morgan fingerprint density at radius 3 is 2.48 bits per heavy atom. The summed E-state index contributed by atoms with van der Waals surface area (Å²) in [5.74, 6) is 0.699. The highest BCUT2D eigenvalue weighted by molar-refractivity contribution is 14.0. The van der Waals surface area contributed by atoms with Gasteiger partial charge in [-0.1, -0.05) is 30.3 Å². The molecule has 5 nitrogen and oxygen atoms in total. The Morgan fingerprint density at radius 2 is 1.89 bits per heavy atom. The Hall–Kier alpha value is -1.61. The molecule has 1 aromatic heterocycles. The number of benzene rings is 1. The van der Waals surface area contributed by atoms with E-state index >= 15 is 0 Å². The summed E-state index contributed by atoms with van der Waals surface area (Å²) < 4.78 is 0. The first-order valence-electron chi connectivity index (χ1n) is 9.00. The lowest BCUT2D eigenvalue weighted by molar-refractivity contribution is -0.130. The third-order valence-corrected chi connectivity index (χ3v) is 5.07. The van der Waals surface area contributed by atoms with E-state index in [1.165, 1.54) is 10.4 Å². The van der Waals surface area contributed by atoms with Crippen molar-refractivity contribution in [2.45, 2.75) is 33.9 Å². The predicted molar refractivity (Wildman–Crippen MR) is 125 cm³/mol. The SMILES string of the molecule is CCNC(=NCC(=O)N(CC)Cc1ccccc1)NCc1sccc1C.I. The Bertz CT molecular complexity index is 718. The van der Waals surface area contributed by atoms with Gasteiger partial charge in [-0.3, -0.25) is 4.79 Å². The van der Waals surface area contributed by atoms with Crippen LogP contribution in [0.5, 0.6) is 0 Å². The number of thiophene rings is 1. The molecular formula is C20H29IN4OS. The van der Waals surface area contributed by atoms with E-state index in [1.54, 1.807) is 11.3 Å². The van der Waals surface area contributed by atoms with Crippen LogP contribution in [0.1, 0.15) is 29.9 Å². The average molecular weight is 500 g/mol. The first-order valence-corrected chi connectivity index (χ1v) is 9.88. The van der Waals surface area contributed by atoms with Crippen molar-refractivity contribution in [3.05, 3.63) is 57.8 Å². The fourth-order valence-corrected chi connectivity index (χ4v) is 3.36. The van der Waals surface area contributed by atoms with Crippen molar-refractivity contribution in [1.29, 1.82) is 0 Å². The van der Waals surface area contributed by atoms with E-state index < -0.39 is 0 Å². The number of aryl methyl sites for hydroxylation is 1. The molecule has 0 unspecified atom stereocenters. The summed E-state index contributed by atoms with van der Waals surface area (Å²) in [5, 5.41) is 8.59. The van der Waals surface area contributed by atoms with Crippen LogP contribution >= 0.6 is 35.3 Å². The number of carbonyl (C=O) groups is 1. The molecule has 0 saturated heterocycles. The summed E-state index contributed by atoms with van der Waals surface area (Å²) in [6.07, 6.45) is 0. The van der Waals surface area contributed by atoms with Gasteiger partial charge in [-0.05, 0) is 43.3 Å². The lowest BCUT2D eigenvalue weighted by Crippen LogP contribution is -2.38. The van der Waals surface area contributed by atoms with E-state index in [4.69, 9.17) is 0 Å². The zero-order chi connectivity index (χ0) is 18.8. The fourth-order valence-electron chi connectivity index (χ4n) is 2.52. The van der Waals surface area contributed by atoms with E-state index in [0.717, 1.165) is 12.1 Å². The van der Waals surface area contributed by atoms with Gasteiger partial charge in [0.05, 0.1) is 6.54 Å². The van der Waals surface area contributed by atoms with Gasteiger partial charge in [-0.25, -0.2) is 4.99 Å². The standard InChI is InChI=1S/C20H28N4OS.HI/c1-4-21-20(22-13-18-16(3)11-12-26-18)23-14-19(25)24(5-2)15-17-9-7-6-8-10-17;/h6-12H,4-5,13-15H2,1-3H3,(H2,21,22,23);1H. The summed E-state index contributed by atoms with van der Waals surface area (Å²) >= 11 is 1.72. The number of likely N-dealkylation sites (N-methyl/N-ethyl adjacent to an activating group) is 1. The van der Waals surface area contributed by atoms with Crippen molar-refractivity contribution < 1.29 is 4.79 Å². The van der Waals surface area contributed by atoms with Crippen LogP contribution in [0.25, 0.3) is 0 Å². The second-order valence-corrected chi connectivity index (χ2v) is 6.97. The molecule has 0 saturated carbocycles. The van der Waals surface area contributed by atoms with Crippen molar-refractivity contribution in [2.75, 3.05) is 19.6 Å². The predicted octanol–water partition coefficient (Wildman–Crippen LogP) is 3.78. The number of nitrogens with one attached hydrogen (secondary N) is 2. The van der Waals surface area contributed by atoms with Crippen LogP contribution in [0.15, 0.2) is 46.8 Å². The molecule has 27 heavy (non-hydrogen) atoms. The number of hydrogen-bond acceptors (Lipinski definition) is 3. The quantitative estimate of drug-likeness (QED) is 0.330. The lowest BCUT2D eigenvalue weighted by Gasteiger charge is -2.20. The molecule has 0 aliphatic heterocycles. The molecule has 0 fully saturated rings. The smallest absolute Gasteiger partial charge is 0.244 e. The van der Waals surface area contributed by atoms with E-state index in [9.17, 15) is 4.79 Å². The summed E-state index contributed by atoms with van der Waals surface area (Å²) in [5.41, 5.74) is 2.40. The summed E-state index contributed by atoms with van der Waals surface area (Å²) in [4.78, 5) is 20.1.